The van der Waals surface area contributed by atoms with Gasteiger partial charge in [0.15, 0.2) is 0 Å². The Bertz CT molecular complexity index is 907. The molecule has 0 saturated heterocycles. The quantitative estimate of drug-likeness (QED) is 0.697. The molecule has 0 aliphatic rings. The molecule has 5 heteroatoms. The molecular formula is C19H15NO4. The minimum atomic E-state index is -0.963. The Kier molecular flexibility index (Phi) is 4.16. The molecule has 0 bridgehead atoms. The number of hydrogen-bond acceptors (Lipinski definition) is 4. The summed E-state index contributed by atoms with van der Waals surface area (Å²) in [6.07, 6.45) is 1.57. The zero-order chi connectivity index (χ0) is 17.1. The van der Waals surface area contributed by atoms with Crippen LogP contribution in [0.4, 0.5) is 5.69 Å². The van der Waals surface area contributed by atoms with Crippen LogP contribution in [0, 0.1) is 6.92 Å². The molecule has 0 aliphatic carbocycles. The number of aromatic carboxylic acids is 1. The highest BCUT2D eigenvalue weighted by molar-refractivity contribution is 5.91. The molecule has 0 atom stereocenters. The summed E-state index contributed by atoms with van der Waals surface area (Å²) in [5.41, 5.74) is 2.34. The van der Waals surface area contributed by atoms with Gasteiger partial charge in [0.2, 0.25) is 0 Å². The van der Waals surface area contributed by atoms with Gasteiger partial charge in [-0.15, -0.1) is 0 Å². The van der Waals surface area contributed by atoms with Crippen molar-refractivity contribution in [2.45, 2.75) is 6.92 Å². The third-order valence-corrected chi connectivity index (χ3v) is 3.57. The topological polar surface area (TPSA) is 83.0 Å². The monoisotopic (exact) mass is 321 g/mol. The molecular weight excluding hydrogens is 306 g/mol. The van der Waals surface area contributed by atoms with Crippen LogP contribution in [-0.2, 0) is 0 Å². The molecule has 1 heterocycles. The number of phenolic OH excluding ortho intramolecular Hbond substituents is 1. The Hall–Kier alpha value is -3.34. The molecule has 0 radical (unpaired) electrons. The van der Waals surface area contributed by atoms with Crippen LogP contribution >= 0.6 is 0 Å². The fourth-order valence-corrected chi connectivity index (χ4v) is 2.26. The van der Waals surface area contributed by atoms with E-state index < -0.39 is 5.97 Å². The van der Waals surface area contributed by atoms with E-state index in [9.17, 15) is 15.0 Å². The zero-order valence-electron chi connectivity index (χ0n) is 12.9. The van der Waals surface area contributed by atoms with Gasteiger partial charge in [-0.25, -0.2) is 4.79 Å². The highest BCUT2D eigenvalue weighted by Crippen LogP contribution is 2.25. The van der Waals surface area contributed by atoms with Gasteiger partial charge in [0.25, 0.3) is 0 Å². The maximum atomic E-state index is 11.2. The second-order valence-electron chi connectivity index (χ2n) is 5.31. The predicted octanol–water partition coefficient (Wildman–Crippen LogP) is 4.41. The Morgan fingerprint density at radius 3 is 2.54 bits per heavy atom. The van der Waals surface area contributed by atoms with Crippen LogP contribution in [0.25, 0.3) is 11.3 Å². The van der Waals surface area contributed by atoms with Gasteiger partial charge in [0.05, 0.1) is 17.5 Å². The number of rotatable bonds is 4. The average molecular weight is 321 g/mol. The summed E-state index contributed by atoms with van der Waals surface area (Å²) in [6.45, 7) is 1.76. The second-order valence-corrected chi connectivity index (χ2v) is 5.31. The number of nitrogens with zero attached hydrogens (tertiary/aromatic N) is 1. The van der Waals surface area contributed by atoms with E-state index in [1.807, 2.05) is 6.07 Å². The lowest BCUT2D eigenvalue weighted by atomic mass is 10.0. The molecule has 2 N–H and O–H groups in total. The van der Waals surface area contributed by atoms with Crippen LogP contribution in [-0.4, -0.2) is 22.4 Å². The van der Waals surface area contributed by atoms with Crippen molar-refractivity contribution in [3.05, 3.63) is 71.5 Å². The molecule has 0 amide bonds. The van der Waals surface area contributed by atoms with E-state index in [0.29, 0.717) is 28.3 Å². The Morgan fingerprint density at radius 2 is 1.83 bits per heavy atom. The van der Waals surface area contributed by atoms with Gasteiger partial charge in [0, 0.05) is 5.56 Å². The number of benzene rings is 2. The number of carboxylic acids is 1. The van der Waals surface area contributed by atoms with Gasteiger partial charge in [-0.2, -0.15) is 0 Å². The van der Waals surface area contributed by atoms with Crippen molar-refractivity contribution < 1.29 is 19.4 Å². The van der Waals surface area contributed by atoms with Crippen molar-refractivity contribution in [2.24, 2.45) is 4.99 Å². The average Bonchev–Trinajstić information content (AvgIpc) is 3.03. The summed E-state index contributed by atoms with van der Waals surface area (Å²) >= 11 is 0. The largest absolute Gasteiger partial charge is 0.508 e. The van der Waals surface area contributed by atoms with Crippen LogP contribution in [0.2, 0.25) is 0 Å². The fourth-order valence-electron chi connectivity index (χ4n) is 2.26. The number of carboxylic acid groups (broad SMARTS) is 1. The van der Waals surface area contributed by atoms with E-state index in [0.717, 1.165) is 0 Å². The lowest BCUT2D eigenvalue weighted by Crippen LogP contribution is -1.99. The number of carbonyl (C=O) groups is 1. The van der Waals surface area contributed by atoms with Gasteiger partial charge >= 0.3 is 5.97 Å². The molecule has 3 aromatic rings. The maximum Gasteiger partial charge on any atom is 0.335 e. The number of aryl methyl sites for hydroxylation is 1. The summed E-state index contributed by atoms with van der Waals surface area (Å²) in [5.74, 6) is 0.345. The van der Waals surface area contributed by atoms with E-state index in [2.05, 4.69) is 4.99 Å². The summed E-state index contributed by atoms with van der Waals surface area (Å²) in [7, 11) is 0. The third kappa shape index (κ3) is 3.35. The van der Waals surface area contributed by atoms with E-state index in [4.69, 9.17) is 4.42 Å². The predicted molar refractivity (Wildman–Crippen MR) is 91.2 cm³/mol. The van der Waals surface area contributed by atoms with Gasteiger partial charge in [0.1, 0.15) is 17.3 Å². The molecule has 3 rings (SSSR count). The van der Waals surface area contributed by atoms with Gasteiger partial charge < -0.3 is 14.6 Å². The molecule has 0 fully saturated rings. The molecule has 24 heavy (non-hydrogen) atoms. The van der Waals surface area contributed by atoms with E-state index in [1.165, 1.54) is 0 Å². The highest BCUT2D eigenvalue weighted by atomic mass is 16.4. The minimum absolute atomic E-state index is 0.183. The Morgan fingerprint density at radius 1 is 1.08 bits per heavy atom. The first-order valence-electron chi connectivity index (χ1n) is 7.30. The first kappa shape index (κ1) is 15.6. The number of furan rings is 1. The summed E-state index contributed by atoms with van der Waals surface area (Å²) in [6, 6.07) is 15.2. The van der Waals surface area contributed by atoms with Crippen LogP contribution in [0.15, 0.2) is 64.0 Å². The number of aromatic hydroxyl groups is 1. The Balaban J connectivity index is 1.84. The van der Waals surface area contributed by atoms with Crippen molar-refractivity contribution in [3.63, 3.8) is 0 Å². The molecule has 5 nitrogen and oxygen atoms in total. The fraction of sp³-hybridized carbons (Fsp3) is 0.0526. The zero-order valence-corrected chi connectivity index (χ0v) is 12.9. The van der Waals surface area contributed by atoms with Crippen LogP contribution < -0.4 is 0 Å². The summed E-state index contributed by atoms with van der Waals surface area (Å²) in [5, 5.41) is 18.4. The molecule has 120 valence electrons. The van der Waals surface area contributed by atoms with Crippen molar-refractivity contribution in [1.82, 2.24) is 0 Å². The molecule has 0 saturated carbocycles. The third-order valence-electron chi connectivity index (χ3n) is 3.57. The SMILES string of the molecule is Cc1ccc(-c2ccc(C=Nc3ccc(O)cc3)o2)cc1C(=O)O. The normalized spacial score (nSPS) is 11.0. The minimum Gasteiger partial charge on any atom is -0.508 e. The molecule has 0 aliphatic heterocycles. The van der Waals surface area contributed by atoms with Gasteiger partial charge in [-0.05, 0) is 55.0 Å². The first-order chi connectivity index (χ1) is 11.5. The molecule has 2 aromatic carbocycles. The Labute approximate surface area is 138 Å². The number of hydrogen-bond donors (Lipinski definition) is 2. The van der Waals surface area contributed by atoms with Crippen LogP contribution in [0.5, 0.6) is 5.75 Å². The van der Waals surface area contributed by atoms with E-state index >= 15 is 0 Å². The summed E-state index contributed by atoms with van der Waals surface area (Å²) < 4.78 is 5.70. The molecule has 0 spiro atoms. The first-order valence-corrected chi connectivity index (χ1v) is 7.30. The van der Waals surface area contributed by atoms with Crippen LogP contribution in [0.1, 0.15) is 21.7 Å². The number of phenols is 1. The van der Waals surface area contributed by atoms with E-state index in [-0.39, 0.29) is 11.3 Å². The van der Waals surface area contributed by atoms with Crippen molar-refractivity contribution in [1.29, 1.82) is 0 Å². The lowest BCUT2D eigenvalue weighted by Gasteiger charge is -2.03. The molecule has 1 aromatic heterocycles. The molecule has 0 unspecified atom stereocenters. The lowest BCUT2D eigenvalue weighted by molar-refractivity contribution is 0.0696. The van der Waals surface area contributed by atoms with Crippen molar-refractivity contribution >= 4 is 17.9 Å². The van der Waals surface area contributed by atoms with E-state index in [1.54, 1.807) is 61.7 Å². The smallest absolute Gasteiger partial charge is 0.335 e. The van der Waals surface area contributed by atoms with Gasteiger partial charge in [-0.3, -0.25) is 4.99 Å². The maximum absolute atomic E-state index is 11.2. The second kappa shape index (κ2) is 6.42. The highest BCUT2D eigenvalue weighted by Gasteiger charge is 2.11. The standard InChI is InChI=1S/C19H15NO4/c1-12-2-3-13(10-17(12)19(22)23)18-9-8-16(24-18)11-20-14-4-6-15(21)7-5-14/h2-11,21H,1H3,(H,22,23). The summed E-state index contributed by atoms with van der Waals surface area (Å²) in [4.78, 5) is 15.5. The van der Waals surface area contributed by atoms with Gasteiger partial charge in [-0.1, -0.05) is 12.1 Å². The van der Waals surface area contributed by atoms with Crippen molar-refractivity contribution in [2.75, 3.05) is 0 Å². The van der Waals surface area contributed by atoms with Crippen LogP contribution in [0.3, 0.4) is 0 Å². The number of aliphatic imine (C=N–C) groups is 1. The van der Waals surface area contributed by atoms with Crippen molar-refractivity contribution in [3.8, 4) is 17.1 Å².